The summed E-state index contributed by atoms with van der Waals surface area (Å²) in [5.41, 5.74) is 0. The van der Waals surface area contributed by atoms with E-state index < -0.39 is 26.1 Å². The summed E-state index contributed by atoms with van der Waals surface area (Å²) in [6.07, 6.45) is 0. The summed E-state index contributed by atoms with van der Waals surface area (Å²) in [5, 5.41) is 0. The predicted octanol–water partition coefficient (Wildman–Crippen LogP) is 0.236. The molecule has 0 heterocycles. The van der Waals surface area contributed by atoms with E-state index in [-0.39, 0.29) is 18.6 Å². The van der Waals surface area contributed by atoms with E-state index in [1.54, 1.807) is 12.1 Å². The Kier molecular flexibility index (Phi) is 4.89. The number of sulfonamides is 2. The van der Waals surface area contributed by atoms with Gasteiger partial charge in [-0.05, 0) is 24.3 Å². The maximum absolute atomic E-state index is 12.2. The largest absolute Gasteiger partial charge is 0.377 e. The maximum atomic E-state index is 12.2. The molecule has 0 spiro atoms. The lowest BCUT2D eigenvalue weighted by molar-refractivity contribution is 0.204. The van der Waals surface area contributed by atoms with E-state index in [0.29, 0.717) is 0 Å². The molecule has 2 aromatic carbocycles. The number of benzene rings is 2. The molecule has 0 fully saturated rings. The van der Waals surface area contributed by atoms with E-state index >= 15 is 0 Å². The van der Waals surface area contributed by atoms with Crippen molar-refractivity contribution in [3.63, 3.8) is 0 Å². The monoisotopic (exact) mass is 370 g/mol. The zero-order chi connectivity index (χ0) is 18.0. The fourth-order valence-electron chi connectivity index (χ4n) is 1.71. The van der Waals surface area contributed by atoms with Gasteiger partial charge in [-0.1, -0.05) is 36.4 Å². The Morgan fingerprint density at radius 3 is 1.25 bits per heavy atom. The molecule has 0 radical (unpaired) electrons. The highest BCUT2D eigenvalue weighted by molar-refractivity contribution is 7.91. The van der Waals surface area contributed by atoms with Gasteiger partial charge in [-0.25, -0.2) is 16.5 Å². The van der Waals surface area contributed by atoms with Gasteiger partial charge in [0.1, 0.15) is 0 Å². The number of nitrogens with zero attached hydrogens (tertiary/aromatic N) is 2. The highest BCUT2D eigenvalue weighted by Gasteiger charge is 2.35. The molecule has 0 unspecified atom stereocenters. The molecule has 2 aromatic rings. The maximum Gasteiger partial charge on any atom is 0.377 e. The first-order chi connectivity index (χ1) is 11.2. The fourth-order valence-corrected chi connectivity index (χ4v) is 3.81. The van der Waals surface area contributed by atoms with Gasteiger partial charge in [0.2, 0.25) is 0 Å². The van der Waals surface area contributed by atoms with Gasteiger partial charge >= 0.3 is 6.03 Å². The number of hydrogen-bond acceptors (Lipinski definition) is 7. The molecular formula is C13H14N4O5S2. The molecule has 24 heavy (non-hydrogen) atoms. The second-order valence-corrected chi connectivity index (χ2v) is 8.14. The molecule has 0 aliphatic rings. The summed E-state index contributed by atoms with van der Waals surface area (Å²) in [7, 11) is -8.90. The molecule has 0 aromatic heterocycles. The van der Waals surface area contributed by atoms with Gasteiger partial charge in [-0.2, -0.15) is 16.8 Å². The Hall–Kier alpha value is -2.47. The van der Waals surface area contributed by atoms with Gasteiger partial charge in [0.05, 0.1) is 9.79 Å². The smallest absolute Gasteiger partial charge is 0.243 e. The standard InChI is InChI=1S/C13H14N4O5S2/c14-16(23(19,20)11-7-3-1-4-8-11)13(18)17(15)24(21,22)12-9-5-2-6-10-12/h1-10H,14-15H2. The van der Waals surface area contributed by atoms with Crippen molar-refractivity contribution >= 4 is 26.1 Å². The van der Waals surface area contributed by atoms with E-state index in [9.17, 15) is 21.6 Å². The Labute approximate surface area is 139 Å². The minimum atomic E-state index is -4.45. The molecule has 11 heteroatoms. The lowest BCUT2D eigenvalue weighted by Crippen LogP contribution is -2.54. The number of nitrogens with two attached hydrogens (primary N) is 2. The summed E-state index contributed by atoms with van der Waals surface area (Å²) in [6.45, 7) is 0. The van der Waals surface area contributed by atoms with E-state index in [0.717, 1.165) is 0 Å². The first kappa shape index (κ1) is 17.9. The molecule has 128 valence electrons. The van der Waals surface area contributed by atoms with Crippen LogP contribution >= 0.6 is 0 Å². The van der Waals surface area contributed by atoms with Crippen molar-refractivity contribution in [3.05, 3.63) is 60.7 Å². The average molecular weight is 370 g/mol. The Morgan fingerprint density at radius 1 is 0.667 bits per heavy atom. The first-order valence-electron chi connectivity index (χ1n) is 6.43. The van der Waals surface area contributed by atoms with Crippen LogP contribution in [0.25, 0.3) is 0 Å². The lowest BCUT2D eigenvalue weighted by Gasteiger charge is -2.23. The number of urea groups is 1. The summed E-state index contributed by atoms with van der Waals surface area (Å²) in [5.74, 6) is 10.6. The average Bonchev–Trinajstić information content (AvgIpc) is 2.61. The SMILES string of the molecule is NN(C(=O)N(N)S(=O)(=O)c1ccccc1)S(=O)(=O)c1ccccc1. The number of carbonyl (C=O) groups excluding carboxylic acids is 1. The van der Waals surface area contributed by atoms with Crippen molar-refractivity contribution in [1.29, 1.82) is 0 Å². The van der Waals surface area contributed by atoms with Crippen LogP contribution in [0.5, 0.6) is 0 Å². The van der Waals surface area contributed by atoms with Gasteiger partial charge < -0.3 is 0 Å². The Balaban J connectivity index is 2.34. The molecule has 0 bridgehead atoms. The molecule has 9 nitrogen and oxygen atoms in total. The summed E-state index contributed by atoms with van der Waals surface area (Å²) in [4.78, 5) is 11.6. The molecule has 0 saturated heterocycles. The highest BCUT2D eigenvalue weighted by Crippen LogP contribution is 2.17. The van der Waals surface area contributed by atoms with Gasteiger partial charge in [-0.3, -0.25) is 0 Å². The quantitative estimate of drug-likeness (QED) is 0.445. The zero-order valence-corrected chi connectivity index (χ0v) is 13.8. The van der Waals surface area contributed by atoms with Crippen LogP contribution in [0.3, 0.4) is 0 Å². The second-order valence-electron chi connectivity index (χ2n) is 4.51. The number of hydrazine groups is 2. The zero-order valence-electron chi connectivity index (χ0n) is 12.2. The Bertz CT molecular complexity index is 853. The molecular weight excluding hydrogens is 356 g/mol. The number of amides is 2. The Morgan fingerprint density at radius 2 is 0.958 bits per heavy atom. The fraction of sp³-hybridized carbons (Fsp3) is 0. The number of rotatable bonds is 4. The van der Waals surface area contributed by atoms with Gasteiger partial charge in [0.25, 0.3) is 20.0 Å². The minimum absolute atomic E-state index is 0.219. The van der Waals surface area contributed by atoms with Crippen molar-refractivity contribution < 1.29 is 21.6 Å². The van der Waals surface area contributed by atoms with Crippen molar-refractivity contribution in [3.8, 4) is 0 Å². The third-order valence-electron chi connectivity index (χ3n) is 2.98. The molecule has 0 aliphatic carbocycles. The molecule has 0 saturated carbocycles. The van der Waals surface area contributed by atoms with E-state index in [1.165, 1.54) is 48.5 Å². The van der Waals surface area contributed by atoms with E-state index in [1.807, 2.05) is 0 Å². The van der Waals surface area contributed by atoms with E-state index in [4.69, 9.17) is 11.7 Å². The lowest BCUT2D eigenvalue weighted by atomic mass is 10.4. The molecule has 2 amide bonds. The highest BCUT2D eigenvalue weighted by atomic mass is 32.2. The molecule has 0 aliphatic heterocycles. The minimum Gasteiger partial charge on any atom is -0.243 e. The van der Waals surface area contributed by atoms with Crippen LogP contribution in [-0.4, -0.2) is 31.7 Å². The van der Waals surface area contributed by atoms with E-state index in [2.05, 4.69) is 0 Å². The third-order valence-corrected chi connectivity index (χ3v) is 6.06. The normalized spacial score (nSPS) is 11.8. The van der Waals surface area contributed by atoms with Crippen molar-refractivity contribution in [2.75, 3.05) is 0 Å². The van der Waals surface area contributed by atoms with Crippen LogP contribution in [-0.2, 0) is 20.0 Å². The number of hydrogen-bond donors (Lipinski definition) is 2. The van der Waals surface area contributed by atoms with Crippen LogP contribution in [0.15, 0.2) is 70.5 Å². The third kappa shape index (κ3) is 3.23. The summed E-state index contributed by atoms with van der Waals surface area (Å²) in [6, 6.07) is 12.0. The van der Waals surface area contributed by atoms with Crippen LogP contribution in [0.1, 0.15) is 0 Å². The second kappa shape index (κ2) is 6.57. The van der Waals surface area contributed by atoms with Gasteiger partial charge in [0.15, 0.2) is 0 Å². The number of carbonyl (C=O) groups is 1. The van der Waals surface area contributed by atoms with Gasteiger partial charge in [-0.15, -0.1) is 8.83 Å². The van der Waals surface area contributed by atoms with Crippen molar-refractivity contribution in [1.82, 2.24) is 8.83 Å². The predicted molar refractivity (Wildman–Crippen MR) is 84.7 cm³/mol. The molecule has 4 N–H and O–H groups in total. The van der Waals surface area contributed by atoms with Crippen molar-refractivity contribution in [2.45, 2.75) is 9.79 Å². The molecule has 2 rings (SSSR count). The van der Waals surface area contributed by atoms with Crippen LogP contribution in [0.2, 0.25) is 0 Å². The van der Waals surface area contributed by atoms with Crippen molar-refractivity contribution in [2.24, 2.45) is 11.7 Å². The van der Waals surface area contributed by atoms with Crippen LogP contribution < -0.4 is 11.7 Å². The first-order valence-corrected chi connectivity index (χ1v) is 9.31. The van der Waals surface area contributed by atoms with Gasteiger partial charge in [0, 0.05) is 0 Å². The van der Waals surface area contributed by atoms with Crippen LogP contribution in [0, 0.1) is 0 Å². The van der Waals surface area contributed by atoms with Crippen LogP contribution in [0.4, 0.5) is 4.79 Å². The molecule has 0 atom stereocenters. The summed E-state index contributed by atoms with van der Waals surface area (Å²) >= 11 is 0. The summed E-state index contributed by atoms with van der Waals surface area (Å²) < 4.78 is 48.5. The topological polar surface area (TPSA) is 144 Å².